The second-order valence-corrected chi connectivity index (χ2v) is 13.2. The smallest absolute Gasteiger partial charge is 0.443 e. The van der Waals surface area contributed by atoms with E-state index in [4.69, 9.17) is 39.2 Å². The maximum absolute atomic E-state index is 13.1. The number of rotatable bonds is 13. The van der Waals surface area contributed by atoms with Gasteiger partial charge in [0.05, 0.1) is 19.0 Å². The van der Waals surface area contributed by atoms with E-state index in [1.807, 2.05) is 24.3 Å². The largest absolute Gasteiger partial charge is 0.497 e. The van der Waals surface area contributed by atoms with E-state index in [2.05, 4.69) is 5.10 Å². The van der Waals surface area contributed by atoms with Crippen LogP contribution in [0, 0.1) is 0 Å². The molecule has 1 unspecified atom stereocenters. The van der Waals surface area contributed by atoms with E-state index in [-0.39, 0.29) is 5.69 Å². The average molecular weight is 551 g/mol. The van der Waals surface area contributed by atoms with Crippen molar-refractivity contribution < 1.29 is 36.5 Å². The normalized spacial score (nSPS) is 13.0. The first kappa shape index (κ1) is 28.5. The third kappa shape index (κ3) is 6.90. The van der Waals surface area contributed by atoms with Crippen LogP contribution in [0.3, 0.4) is 0 Å². The van der Waals surface area contributed by atoms with Gasteiger partial charge >= 0.3 is 15.5 Å². The summed E-state index contributed by atoms with van der Waals surface area (Å²) >= 11 is 5.47. The zero-order valence-electron chi connectivity index (χ0n) is 19.6. The van der Waals surface area contributed by atoms with Crippen LogP contribution in [0.25, 0.3) is 0 Å². The fourth-order valence-corrected chi connectivity index (χ4v) is 7.33. The summed E-state index contributed by atoms with van der Waals surface area (Å²) in [6, 6.07) is 13.6. The van der Waals surface area contributed by atoms with Gasteiger partial charge in [0.15, 0.2) is 0 Å². The van der Waals surface area contributed by atoms with Crippen LogP contribution in [0.15, 0.2) is 53.6 Å². The number of hydrazone groups is 1. The second-order valence-electron chi connectivity index (χ2n) is 6.36. The highest BCUT2D eigenvalue weighted by molar-refractivity contribution is 8.02. The van der Waals surface area contributed by atoms with Crippen molar-refractivity contribution in [3.8, 4) is 11.5 Å². The first-order valence-electron chi connectivity index (χ1n) is 9.64. The Morgan fingerprint density at radius 1 is 0.824 bits per heavy atom. The molecule has 0 aliphatic carbocycles. The predicted molar refractivity (Wildman–Crippen MR) is 137 cm³/mol. The highest BCUT2D eigenvalue weighted by Gasteiger charge is 2.46. The van der Waals surface area contributed by atoms with Crippen LogP contribution in [0.1, 0.15) is 5.56 Å². The Morgan fingerprint density at radius 2 is 1.29 bits per heavy atom. The maximum Gasteiger partial charge on any atom is 0.443 e. The summed E-state index contributed by atoms with van der Waals surface area (Å²) in [5.41, 5.74) is 1.08. The highest BCUT2D eigenvalue weighted by Crippen LogP contribution is 2.69. The SMILES string of the molecule is COc1ccc(/C=N/N(C)[PH](=S)Oc2ccc(N(P(=O)(OC)OC)P(=O)(OC)OC)cc2)cc1. The van der Waals surface area contributed by atoms with E-state index >= 15 is 0 Å². The van der Waals surface area contributed by atoms with Crippen molar-refractivity contribution in [3.05, 3.63) is 54.1 Å². The molecule has 1 atom stereocenters. The van der Waals surface area contributed by atoms with E-state index in [0.717, 1.165) is 15.8 Å². The zero-order valence-corrected chi connectivity index (χ0v) is 23.2. The Bertz CT molecular complexity index is 1040. The minimum Gasteiger partial charge on any atom is -0.497 e. The number of methoxy groups -OCH3 is 1. The number of hydrogen-bond acceptors (Lipinski definition) is 10. The molecule has 34 heavy (non-hydrogen) atoms. The lowest BCUT2D eigenvalue weighted by atomic mass is 10.2. The molecule has 2 rings (SSSR count). The third-order valence-corrected chi connectivity index (χ3v) is 11.1. The lowest BCUT2D eigenvalue weighted by Crippen LogP contribution is -2.20. The van der Waals surface area contributed by atoms with Gasteiger partial charge in [-0.3, -0.25) is 18.1 Å². The molecule has 0 spiro atoms. The minimum atomic E-state index is -4.04. The van der Waals surface area contributed by atoms with Crippen molar-refractivity contribution in [2.45, 2.75) is 0 Å². The number of anilines is 1. The van der Waals surface area contributed by atoms with Crippen LogP contribution in [-0.4, -0.2) is 53.6 Å². The highest BCUT2D eigenvalue weighted by atomic mass is 32.4. The topological polar surface area (TPSA) is 108 Å². The molecule has 0 amide bonds. The number of benzene rings is 2. The van der Waals surface area contributed by atoms with Gasteiger partial charge in [0, 0.05) is 35.5 Å². The molecule has 0 aliphatic heterocycles. The summed E-state index contributed by atoms with van der Waals surface area (Å²) in [6.07, 6.45) is 1.67. The van der Waals surface area contributed by atoms with Crippen LogP contribution in [0.2, 0.25) is 0 Å². The number of hydrogen-bond donors (Lipinski definition) is 0. The first-order chi connectivity index (χ1) is 16.2. The van der Waals surface area contributed by atoms with E-state index in [1.165, 1.54) is 40.6 Å². The first-order valence-corrected chi connectivity index (χ1v) is 15.1. The number of ether oxygens (including phenoxy) is 1. The molecule has 2 aromatic rings. The van der Waals surface area contributed by atoms with Crippen molar-refractivity contribution in [3.63, 3.8) is 0 Å². The van der Waals surface area contributed by atoms with Crippen molar-refractivity contribution in [1.29, 1.82) is 0 Å². The standard InChI is InChI=1S/C19H28N3O8P3S/c1-21(20-15-16-7-11-18(25-2)12-8-16)31(34)30-19-13-9-17(10-14-19)22(32(23,26-3)27-4)33(24,28-5)29-6/h7-15,31H,1-6H3/b20-15+. The predicted octanol–water partition coefficient (Wildman–Crippen LogP) is 5.15. The van der Waals surface area contributed by atoms with Gasteiger partial charge in [0.1, 0.15) is 11.5 Å². The molecular formula is C19H28N3O8P3S. The Kier molecular flexibility index (Phi) is 10.7. The van der Waals surface area contributed by atoms with Gasteiger partial charge in [0.25, 0.3) is 0 Å². The fourth-order valence-electron chi connectivity index (χ4n) is 2.58. The van der Waals surface area contributed by atoms with Crippen LogP contribution >= 0.6 is 22.6 Å². The van der Waals surface area contributed by atoms with Gasteiger partial charge in [-0.1, -0.05) is 0 Å². The minimum absolute atomic E-state index is 0.204. The molecule has 11 nitrogen and oxygen atoms in total. The molecule has 0 aromatic heterocycles. The lowest BCUT2D eigenvalue weighted by molar-refractivity contribution is 0.255. The van der Waals surface area contributed by atoms with Crippen LogP contribution in [0.4, 0.5) is 5.69 Å². The molecule has 2 aromatic carbocycles. The fraction of sp³-hybridized carbons (Fsp3) is 0.316. The quantitative estimate of drug-likeness (QED) is 0.187. The molecular weight excluding hydrogens is 523 g/mol. The molecule has 0 aliphatic rings. The van der Waals surface area contributed by atoms with Gasteiger partial charge < -0.3 is 9.26 Å². The van der Waals surface area contributed by atoms with Gasteiger partial charge in [-0.2, -0.15) is 9.54 Å². The van der Waals surface area contributed by atoms with Crippen molar-refractivity contribution in [2.75, 3.05) is 47.0 Å². The summed E-state index contributed by atoms with van der Waals surface area (Å²) in [7, 11) is -2.03. The summed E-state index contributed by atoms with van der Waals surface area (Å²) in [5.74, 6) is 1.19. The summed E-state index contributed by atoms with van der Waals surface area (Å²) in [4.78, 5) is 0. The Balaban J connectivity index is 2.18. The maximum atomic E-state index is 13.1. The van der Waals surface area contributed by atoms with E-state index in [1.54, 1.807) is 37.3 Å². The molecule has 0 bridgehead atoms. The van der Waals surface area contributed by atoms with E-state index in [0.29, 0.717) is 5.75 Å². The molecule has 0 radical (unpaired) electrons. The number of nitrogens with zero attached hydrogens (tertiary/aromatic N) is 3. The summed E-state index contributed by atoms with van der Waals surface area (Å²) in [6.45, 7) is 0. The van der Waals surface area contributed by atoms with Crippen LogP contribution < -0.4 is 13.7 Å². The van der Waals surface area contributed by atoms with E-state index < -0.39 is 22.6 Å². The zero-order chi connectivity index (χ0) is 25.4. The van der Waals surface area contributed by atoms with Crippen LogP contribution in [-0.2, 0) is 39.0 Å². The Hall–Kier alpha value is -1.74. The molecule has 0 heterocycles. The van der Waals surface area contributed by atoms with Gasteiger partial charge in [0.2, 0.25) is 7.07 Å². The van der Waals surface area contributed by atoms with Crippen molar-refractivity contribution in [2.24, 2.45) is 5.10 Å². The van der Waals surface area contributed by atoms with Gasteiger partial charge in [-0.05, 0) is 65.9 Å². The molecule has 188 valence electrons. The monoisotopic (exact) mass is 551 g/mol. The van der Waals surface area contributed by atoms with Crippen LogP contribution in [0.5, 0.6) is 11.5 Å². The van der Waals surface area contributed by atoms with E-state index in [9.17, 15) is 9.13 Å². The molecule has 0 saturated carbocycles. The third-order valence-electron chi connectivity index (χ3n) is 4.42. The van der Waals surface area contributed by atoms with Gasteiger partial charge in [-0.15, -0.1) is 0 Å². The van der Waals surface area contributed by atoms with Crippen molar-refractivity contribution in [1.82, 2.24) is 4.78 Å². The molecule has 0 fully saturated rings. The molecule has 0 saturated heterocycles. The molecule has 0 N–H and O–H groups in total. The van der Waals surface area contributed by atoms with Crippen molar-refractivity contribution >= 4 is 46.3 Å². The summed E-state index contributed by atoms with van der Waals surface area (Å²) in [5, 5.41) is 4.34. The Labute approximate surface area is 205 Å². The second kappa shape index (κ2) is 12.8. The lowest BCUT2D eigenvalue weighted by Gasteiger charge is -2.33. The average Bonchev–Trinajstić information content (AvgIpc) is 2.88. The van der Waals surface area contributed by atoms with Gasteiger partial charge in [-0.25, -0.2) is 13.9 Å². The Morgan fingerprint density at radius 3 is 1.74 bits per heavy atom. The molecule has 15 heteroatoms. The summed E-state index contributed by atoms with van der Waals surface area (Å²) < 4.78 is 59.6.